The van der Waals surface area contributed by atoms with Gasteiger partial charge in [0.1, 0.15) is 5.82 Å². The van der Waals surface area contributed by atoms with Gasteiger partial charge >= 0.3 is 0 Å². The van der Waals surface area contributed by atoms with E-state index in [1.807, 2.05) is 0 Å². The molecular formula is C12H16FNO2S. The van der Waals surface area contributed by atoms with Crippen LogP contribution >= 0.6 is 0 Å². The van der Waals surface area contributed by atoms with Crippen molar-refractivity contribution < 1.29 is 12.8 Å². The fourth-order valence-electron chi connectivity index (χ4n) is 2.29. The SMILES string of the molecule is CCS(=O)(=O)N1CCC[C@@H]1c1cccc(F)c1. The topological polar surface area (TPSA) is 37.4 Å². The molecule has 0 unspecified atom stereocenters. The lowest BCUT2D eigenvalue weighted by Crippen LogP contribution is -2.31. The first-order valence-corrected chi connectivity index (χ1v) is 7.40. The summed E-state index contributed by atoms with van der Waals surface area (Å²) in [6, 6.07) is 6.01. The van der Waals surface area contributed by atoms with Gasteiger partial charge in [0, 0.05) is 12.6 Å². The lowest BCUT2D eigenvalue weighted by Gasteiger charge is -2.23. The Bertz CT molecular complexity index is 501. The van der Waals surface area contributed by atoms with Crippen LogP contribution in [0, 0.1) is 5.82 Å². The van der Waals surface area contributed by atoms with Crippen molar-refractivity contribution in [2.24, 2.45) is 0 Å². The van der Waals surface area contributed by atoms with E-state index in [9.17, 15) is 12.8 Å². The van der Waals surface area contributed by atoms with Gasteiger partial charge in [0.15, 0.2) is 0 Å². The number of benzene rings is 1. The smallest absolute Gasteiger partial charge is 0.212 e. The first-order chi connectivity index (χ1) is 8.04. The van der Waals surface area contributed by atoms with Crippen LogP contribution in [0.1, 0.15) is 31.4 Å². The van der Waals surface area contributed by atoms with Crippen LogP contribution in [0.15, 0.2) is 24.3 Å². The van der Waals surface area contributed by atoms with Gasteiger partial charge in [0.05, 0.1) is 5.75 Å². The summed E-state index contributed by atoms with van der Waals surface area (Å²) in [5, 5.41) is 0. The van der Waals surface area contributed by atoms with Gasteiger partial charge in [-0.25, -0.2) is 12.8 Å². The van der Waals surface area contributed by atoms with Gasteiger partial charge < -0.3 is 0 Å². The summed E-state index contributed by atoms with van der Waals surface area (Å²) < 4.78 is 38.5. The summed E-state index contributed by atoms with van der Waals surface area (Å²) in [6.07, 6.45) is 1.60. The molecule has 0 amide bonds. The van der Waals surface area contributed by atoms with Crippen molar-refractivity contribution >= 4 is 10.0 Å². The molecule has 17 heavy (non-hydrogen) atoms. The Kier molecular flexibility index (Phi) is 3.49. The van der Waals surface area contributed by atoms with Crippen LogP contribution in [-0.4, -0.2) is 25.0 Å². The van der Waals surface area contributed by atoms with Gasteiger partial charge in [-0.15, -0.1) is 0 Å². The number of hydrogen-bond donors (Lipinski definition) is 0. The molecule has 0 spiro atoms. The molecule has 1 aromatic rings. The molecule has 3 nitrogen and oxygen atoms in total. The summed E-state index contributed by atoms with van der Waals surface area (Å²) in [5.41, 5.74) is 0.750. The Labute approximate surface area is 101 Å². The average molecular weight is 257 g/mol. The maximum atomic E-state index is 13.2. The molecule has 1 aliphatic rings. The molecule has 0 aliphatic carbocycles. The highest BCUT2D eigenvalue weighted by Gasteiger charge is 2.33. The first-order valence-electron chi connectivity index (χ1n) is 5.79. The van der Waals surface area contributed by atoms with Gasteiger partial charge in [0.2, 0.25) is 10.0 Å². The van der Waals surface area contributed by atoms with Crippen LogP contribution in [0.5, 0.6) is 0 Å². The Morgan fingerprint density at radius 3 is 2.88 bits per heavy atom. The molecular weight excluding hydrogens is 241 g/mol. The predicted octanol–water partition coefficient (Wildman–Crippen LogP) is 2.31. The second kappa shape index (κ2) is 4.74. The molecule has 0 radical (unpaired) electrons. The highest BCUT2D eigenvalue weighted by Crippen LogP contribution is 2.34. The van der Waals surface area contributed by atoms with Crippen LogP contribution < -0.4 is 0 Å². The van der Waals surface area contributed by atoms with Crippen LogP contribution in [0.4, 0.5) is 4.39 Å². The van der Waals surface area contributed by atoms with Crippen LogP contribution in [0.3, 0.4) is 0 Å². The van der Waals surface area contributed by atoms with E-state index in [4.69, 9.17) is 0 Å². The quantitative estimate of drug-likeness (QED) is 0.833. The average Bonchev–Trinajstić information content (AvgIpc) is 2.78. The van der Waals surface area contributed by atoms with Crippen LogP contribution in [0.25, 0.3) is 0 Å². The molecule has 1 heterocycles. The minimum absolute atomic E-state index is 0.0960. The third kappa shape index (κ3) is 2.50. The third-order valence-electron chi connectivity index (χ3n) is 3.16. The summed E-state index contributed by atoms with van der Waals surface area (Å²) in [7, 11) is -3.20. The fraction of sp³-hybridized carbons (Fsp3) is 0.500. The number of sulfonamides is 1. The molecule has 1 atom stereocenters. The maximum absolute atomic E-state index is 13.2. The standard InChI is InChI=1S/C12H16FNO2S/c1-2-17(15,16)14-8-4-7-12(14)10-5-3-6-11(13)9-10/h3,5-6,9,12H,2,4,7-8H2,1H3/t12-/m1/s1. The Morgan fingerprint density at radius 2 is 2.24 bits per heavy atom. The highest BCUT2D eigenvalue weighted by molar-refractivity contribution is 7.89. The van der Waals surface area contributed by atoms with E-state index in [-0.39, 0.29) is 17.6 Å². The van der Waals surface area contributed by atoms with E-state index in [2.05, 4.69) is 0 Å². The van der Waals surface area contributed by atoms with E-state index in [1.54, 1.807) is 19.1 Å². The highest BCUT2D eigenvalue weighted by atomic mass is 32.2. The molecule has 0 saturated carbocycles. The Hall–Kier alpha value is -0.940. The number of rotatable bonds is 3. The third-order valence-corrected chi connectivity index (χ3v) is 5.04. The van der Waals surface area contributed by atoms with Gasteiger partial charge in [0.25, 0.3) is 0 Å². The number of hydrogen-bond acceptors (Lipinski definition) is 2. The molecule has 1 aromatic carbocycles. The van der Waals surface area contributed by atoms with Crippen LogP contribution in [-0.2, 0) is 10.0 Å². The molecule has 5 heteroatoms. The van der Waals surface area contributed by atoms with E-state index >= 15 is 0 Å². The van der Waals surface area contributed by atoms with Crippen molar-refractivity contribution in [1.82, 2.24) is 4.31 Å². The zero-order valence-electron chi connectivity index (χ0n) is 9.77. The fourth-order valence-corrected chi connectivity index (χ4v) is 3.64. The lowest BCUT2D eigenvalue weighted by molar-refractivity contribution is 0.396. The lowest BCUT2D eigenvalue weighted by atomic mass is 10.1. The van der Waals surface area contributed by atoms with E-state index in [1.165, 1.54) is 16.4 Å². The van der Waals surface area contributed by atoms with Gasteiger partial charge in [-0.2, -0.15) is 4.31 Å². The molecule has 2 rings (SSSR count). The predicted molar refractivity (Wildman–Crippen MR) is 64.5 cm³/mol. The number of halogens is 1. The molecule has 94 valence electrons. The largest absolute Gasteiger partial charge is 0.214 e. The monoisotopic (exact) mass is 257 g/mol. The van der Waals surface area contributed by atoms with Crippen molar-refractivity contribution in [2.75, 3.05) is 12.3 Å². The zero-order chi connectivity index (χ0) is 12.5. The van der Waals surface area contributed by atoms with Crippen molar-refractivity contribution in [1.29, 1.82) is 0 Å². The Balaban J connectivity index is 2.32. The van der Waals surface area contributed by atoms with E-state index in [0.717, 1.165) is 18.4 Å². The van der Waals surface area contributed by atoms with Gasteiger partial charge in [-0.1, -0.05) is 12.1 Å². The summed E-state index contributed by atoms with van der Waals surface area (Å²) >= 11 is 0. The van der Waals surface area contributed by atoms with Crippen molar-refractivity contribution in [3.8, 4) is 0 Å². The van der Waals surface area contributed by atoms with Crippen molar-refractivity contribution in [2.45, 2.75) is 25.8 Å². The van der Waals surface area contributed by atoms with Gasteiger partial charge in [-0.05, 0) is 37.5 Å². The summed E-state index contributed by atoms with van der Waals surface area (Å²) in [4.78, 5) is 0. The van der Waals surface area contributed by atoms with Crippen LogP contribution in [0.2, 0.25) is 0 Å². The first kappa shape index (κ1) is 12.5. The molecule has 1 saturated heterocycles. The minimum atomic E-state index is -3.20. The normalized spacial score (nSPS) is 21.9. The molecule has 0 N–H and O–H groups in total. The second-order valence-electron chi connectivity index (χ2n) is 4.22. The minimum Gasteiger partial charge on any atom is -0.212 e. The maximum Gasteiger partial charge on any atom is 0.214 e. The zero-order valence-corrected chi connectivity index (χ0v) is 10.6. The van der Waals surface area contributed by atoms with Gasteiger partial charge in [-0.3, -0.25) is 0 Å². The molecule has 0 aromatic heterocycles. The molecule has 1 aliphatic heterocycles. The molecule has 0 bridgehead atoms. The Morgan fingerprint density at radius 1 is 1.47 bits per heavy atom. The van der Waals surface area contributed by atoms with Crippen molar-refractivity contribution in [3.05, 3.63) is 35.6 Å². The second-order valence-corrected chi connectivity index (χ2v) is 6.43. The summed E-state index contributed by atoms with van der Waals surface area (Å²) in [6.45, 7) is 2.17. The molecule has 1 fully saturated rings. The van der Waals surface area contributed by atoms with E-state index in [0.29, 0.717) is 6.54 Å². The van der Waals surface area contributed by atoms with E-state index < -0.39 is 10.0 Å². The number of nitrogens with zero attached hydrogens (tertiary/aromatic N) is 1. The van der Waals surface area contributed by atoms with Crippen molar-refractivity contribution in [3.63, 3.8) is 0 Å². The summed E-state index contributed by atoms with van der Waals surface area (Å²) in [5.74, 6) is -0.220.